The van der Waals surface area contributed by atoms with Gasteiger partial charge in [-0.3, -0.25) is 0 Å². The molecule has 2 rings (SSSR count). The molecule has 0 aromatic rings. The van der Waals surface area contributed by atoms with Crippen molar-refractivity contribution in [2.24, 2.45) is 5.92 Å². The Morgan fingerprint density at radius 1 is 1.29 bits per heavy atom. The molecule has 3 heteroatoms. The first-order chi connectivity index (χ1) is 6.81. The van der Waals surface area contributed by atoms with Crippen LogP contribution >= 0.6 is 15.9 Å². The van der Waals surface area contributed by atoms with Gasteiger partial charge in [0, 0.05) is 18.0 Å². The van der Waals surface area contributed by atoms with Gasteiger partial charge in [-0.15, -0.1) is 0 Å². The van der Waals surface area contributed by atoms with Gasteiger partial charge in [-0.2, -0.15) is 0 Å². The first-order valence-corrected chi connectivity index (χ1v) is 6.60. The highest BCUT2D eigenvalue weighted by molar-refractivity contribution is 9.09. The molecular weight excluding hydrogens is 244 g/mol. The molecule has 2 fully saturated rings. The summed E-state index contributed by atoms with van der Waals surface area (Å²) in [4.78, 5) is 0.512. The highest BCUT2D eigenvalue weighted by Crippen LogP contribution is 2.36. The van der Waals surface area contributed by atoms with Gasteiger partial charge in [0.05, 0.1) is 12.2 Å². The van der Waals surface area contributed by atoms with Gasteiger partial charge in [0.1, 0.15) is 0 Å². The van der Waals surface area contributed by atoms with Crippen LogP contribution in [0.2, 0.25) is 0 Å². The van der Waals surface area contributed by atoms with Crippen LogP contribution < -0.4 is 0 Å². The zero-order chi connectivity index (χ0) is 9.97. The van der Waals surface area contributed by atoms with Crippen molar-refractivity contribution in [3.8, 4) is 0 Å². The van der Waals surface area contributed by atoms with Crippen LogP contribution in [0.5, 0.6) is 0 Å². The van der Waals surface area contributed by atoms with Gasteiger partial charge in [-0.05, 0) is 31.6 Å². The maximum absolute atomic E-state index is 5.83. The minimum atomic E-state index is 0.300. The lowest BCUT2D eigenvalue weighted by molar-refractivity contribution is -0.123. The van der Waals surface area contributed by atoms with Crippen LogP contribution in [0, 0.1) is 5.92 Å². The normalized spacial score (nSPS) is 36.9. The molecule has 0 amide bonds. The lowest BCUT2D eigenvalue weighted by atomic mass is 9.91. The molecular formula is C11H19BrO2. The number of rotatable bonds is 6. The summed E-state index contributed by atoms with van der Waals surface area (Å²) in [6, 6.07) is 0. The van der Waals surface area contributed by atoms with Crippen molar-refractivity contribution < 1.29 is 9.47 Å². The molecule has 0 N–H and O–H groups in total. The first-order valence-electron chi connectivity index (χ1n) is 5.68. The van der Waals surface area contributed by atoms with E-state index in [2.05, 4.69) is 22.9 Å². The first kappa shape index (κ1) is 10.9. The molecule has 0 radical (unpaired) electrons. The van der Waals surface area contributed by atoms with E-state index in [0.29, 0.717) is 17.0 Å². The van der Waals surface area contributed by atoms with Crippen molar-refractivity contribution in [1.82, 2.24) is 0 Å². The van der Waals surface area contributed by atoms with Gasteiger partial charge in [0.15, 0.2) is 0 Å². The van der Waals surface area contributed by atoms with E-state index in [9.17, 15) is 0 Å². The van der Waals surface area contributed by atoms with E-state index in [1.165, 1.54) is 12.8 Å². The van der Waals surface area contributed by atoms with Gasteiger partial charge in [-0.1, -0.05) is 22.9 Å². The van der Waals surface area contributed by atoms with Crippen molar-refractivity contribution in [2.45, 2.75) is 49.6 Å². The van der Waals surface area contributed by atoms with Crippen LogP contribution in [-0.2, 0) is 9.47 Å². The number of hydrogen-bond donors (Lipinski definition) is 0. The summed E-state index contributed by atoms with van der Waals surface area (Å²) in [5.41, 5.74) is 0. The Bertz CT molecular complexity index is 182. The molecule has 2 saturated carbocycles. The molecule has 0 aromatic heterocycles. The smallest absolute Gasteiger partial charge is 0.0962 e. The van der Waals surface area contributed by atoms with Gasteiger partial charge >= 0.3 is 0 Å². The molecule has 82 valence electrons. The number of hydrogen-bond acceptors (Lipinski definition) is 2. The summed E-state index contributed by atoms with van der Waals surface area (Å²) in [6.07, 6.45) is 5.59. The van der Waals surface area contributed by atoms with E-state index in [4.69, 9.17) is 9.47 Å². The average molecular weight is 263 g/mol. The predicted octanol–water partition coefficient (Wildman–Crippen LogP) is 2.74. The fraction of sp³-hybridized carbons (Fsp3) is 1.00. The Hall–Kier alpha value is 0.400. The van der Waals surface area contributed by atoms with Crippen molar-refractivity contribution in [3.63, 3.8) is 0 Å². The predicted molar refractivity (Wildman–Crippen MR) is 59.8 cm³/mol. The Balaban J connectivity index is 1.64. The van der Waals surface area contributed by atoms with E-state index < -0.39 is 0 Å². The fourth-order valence-corrected chi connectivity index (χ4v) is 2.56. The van der Waals surface area contributed by atoms with E-state index in [-0.39, 0.29) is 0 Å². The molecule has 0 aromatic carbocycles. The Morgan fingerprint density at radius 3 is 2.64 bits per heavy atom. The van der Waals surface area contributed by atoms with Crippen molar-refractivity contribution in [1.29, 1.82) is 0 Å². The van der Waals surface area contributed by atoms with Crippen molar-refractivity contribution in [3.05, 3.63) is 0 Å². The maximum Gasteiger partial charge on any atom is 0.0962 e. The zero-order valence-corrected chi connectivity index (χ0v) is 10.3. The second-order valence-electron chi connectivity index (χ2n) is 4.40. The molecule has 2 aliphatic carbocycles. The molecule has 0 spiro atoms. The molecule has 0 saturated heterocycles. The fourth-order valence-electron chi connectivity index (χ4n) is 1.70. The monoisotopic (exact) mass is 262 g/mol. The number of ether oxygens (including phenoxy) is 2. The third-order valence-electron chi connectivity index (χ3n) is 2.94. The highest BCUT2D eigenvalue weighted by atomic mass is 79.9. The lowest BCUT2D eigenvalue weighted by Crippen LogP contribution is -2.51. The van der Waals surface area contributed by atoms with Crippen LogP contribution in [-0.4, -0.2) is 30.2 Å². The Kier molecular flexibility index (Phi) is 3.86. The third kappa shape index (κ3) is 2.71. The lowest BCUT2D eigenvalue weighted by Gasteiger charge is -2.40. The molecule has 3 atom stereocenters. The largest absolute Gasteiger partial charge is 0.375 e. The average Bonchev–Trinajstić information content (AvgIpc) is 2.96. The molecule has 3 unspecified atom stereocenters. The Morgan fingerprint density at radius 2 is 2.07 bits per heavy atom. The van der Waals surface area contributed by atoms with E-state index >= 15 is 0 Å². The minimum absolute atomic E-state index is 0.300. The van der Waals surface area contributed by atoms with E-state index in [1.54, 1.807) is 0 Å². The summed E-state index contributed by atoms with van der Waals surface area (Å²) in [5.74, 6) is 0.858. The molecule has 0 aliphatic heterocycles. The van der Waals surface area contributed by atoms with E-state index in [1.807, 2.05) is 0 Å². The van der Waals surface area contributed by atoms with Crippen LogP contribution in [0.4, 0.5) is 0 Å². The summed E-state index contributed by atoms with van der Waals surface area (Å²) in [5, 5.41) is 0. The van der Waals surface area contributed by atoms with Gasteiger partial charge in [0.25, 0.3) is 0 Å². The third-order valence-corrected chi connectivity index (χ3v) is 3.83. The topological polar surface area (TPSA) is 18.5 Å². The SMILES string of the molecule is CCCOC1C(Br)CC1OCC1CC1. The second kappa shape index (κ2) is 4.95. The summed E-state index contributed by atoms with van der Waals surface area (Å²) < 4.78 is 11.6. The minimum Gasteiger partial charge on any atom is -0.375 e. The maximum atomic E-state index is 5.83. The van der Waals surface area contributed by atoms with Gasteiger partial charge in [0.2, 0.25) is 0 Å². The van der Waals surface area contributed by atoms with Crippen LogP contribution in [0.3, 0.4) is 0 Å². The van der Waals surface area contributed by atoms with Crippen LogP contribution in [0.1, 0.15) is 32.6 Å². The molecule has 0 bridgehead atoms. The second-order valence-corrected chi connectivity index (χ2v) is 5.58. The van der Waals surface area contributed by atoms with Crippen molar-refractivity contribution >= 4 is 15.9 Å². The number of alkyl halides is 1. The standard InChI is InChI=1S/C11H19BrO2/c1-2-5-13-11-9(12)6-10(11)14-7-8-3-4-8/h8-11H,2-7H2,1H3. The quantitative estimate of drug-likeness (QED) is 0.686. The summed E-state index contributed by atoms with van der Waals surface area (Å²) in [6.45, 7) is 3.95. The highest BCUT2D eigenvalue weighted by Gasteiger charge is 2.41. The van der Waals surface area contributed by atoms with Crippen LogP contribution in [0.15, 0.2) is 0 Å². The molecule has 14 heavy (non-hydrogen) atoms. The van der Waals surface area contributed by atoms with Crippen molar-refractivity contribution in [2.75, 3.05) is 13.2 Å². The number of halogens is 1. The molecule has 2 nitrogen and oxygen atoms in total. The van der Waals surface area contributed by atoms with Gasteiger partial charge in [-0.25, -0.2) is 0 Å². The summed E-state index contributed by atoms with van der Waals surface area (Å²) >= 11 is 3.61. The molecule has 2 aliphatic rings. The van der Waals surface area contributed by atoms with E-state index in [0.717, 1.165) is 32.0 Å². The summed E-state index contributed by atoms with van der Waals surface area (Å²) in [7, 11) is 0. The molecule has 0 heterocycles. The Labute approximate surface area is 94.5 Å². The van der Waals surface area contributed by atoms with Crippen LogP contribution in [0.25, 0.3) is 0 Å². The van der Waals surface area contributed by atoms with Gasteiger partial charge < -0.3 is 9.47 Å². The zero-order valence-electron chi connectivity index (χ0n) is 8.75.